The number of nitrogens with zero attached hydrogens (tertiary/aromatic N) is 1. The van der Waals surface area contributed by atoms with Crippen molar-refractivity contribution in [1.29, 1.82) is 0 Å². The van der Waals surface area contributed by atoms with E-state index in [2.05, 4.69) is 4.90 Å². The van der Waals surface area contributed by atoms with Gasteiger partial charge < -0.3 is 10.6 Å². The highest BCUT2D eigenvalue weighted by Crippen LogP contribution is 2.37. The number of hydrogen-bond donors (Lipinski definition) is 1. The van der Waals surface area contributed by atoms with Crippen molar-refractivity contribution in [2.45, 2.75) is 70.4 Å². The van der Waals surface area contributed by atoms with Crippen molar-refractivity contribution < 1.29 is 4.79 Å². The summed E-state index contributed by atoms with van der Waals surface area (Å²) in [5.74, 6) is 1.18. The molecule has 3 atom stereocenters. The number of rotatable bonds is 4. The maximum absolute atomic E-state index is 12.2. The molecule has 1 amide bonds. The van der Waals surface area contributed by atoms with Crippen LogP contribution in [0.5, 0.6) is 0 Å². The first-order valence-corrected chi connectivity index (χ1v) is 7.23. The first-order valence-electron chi connectivity index (χ1n) is 7.23. The molecule has 3 heteroatoms. The zero-order chi connectivity index (χ0) is 12.3. The van der Waals surface area contributed by atoms with Crippen LogP contribution in [0.3, 0.4) is 0 Å². The summed E-state index contributed by atoms with van der Waals surface area (Å²) in [6.07, 6.45) is 9.06. The molecule has 2 rings (SSSR count). The monoisotopic (exact) mass is 238 g/mol. The first-order chi connectivity index (χ1) is 8.18. The third-order valence-electron chi connectivity index (χ3n) is 4.36. The van der Waals surface area contributed by atoms with Gasteiger partial charge in [-0.15, -0.1) is 0 Å². The molecule has 1 aliphatic heterocycles. The third kappa shape index (κ3) is 3.21. The molecular weight excluding hydrogens is 212 g/mol. The lowest BCUT2D eigenvalue weighted by Crippen LogP contribution is -2.46. The zero-order valence-corrected chi connectivity index (χ0v) is 11.0. The number of nitrogens with two attached hydrogens (primary N) is 1. The molecule has 0 aromatic carbocycles. The molecule has 2 N–H and O–H groups in total. The fraction of sp³-hybridized carbons (Fsp3) is 0.929. The molecule has 3 nitrogen and oxygen atoms in total. The molecule has 17 heavy (non-hydrogen) atoms. The molecule has 3 unspecified atom stereocenters. The van der Waals surface area contributed by atoms with Gasteiger partial charge in [-0.2, -0.15) is 0 Å². The van der Waals surface area contributed by atoms with Crippen molar-refractivity contribution >= 4 is 5.91 Å². The Labute approximate surface area is 105 Å². The van der Waals surface area contributed by atoms with Gasteiger partial charge in [0.25, 0.3) is 0 Å². The molecule has 0 aromatic rings. The lowest BCUT2D eigenvalue weighted by Gasteiger charge is -2.38. The molecule has 1 aliphatic carbocycles. The molecule has 0 bridgehead atoms. The molecule has 0 aromatic heterocycles. The van der Waals surface area contributed by atoms with E-state index in [0.717, 1.165) is 25.3 Å². The van der Waals surface area contributed by atoms with Gasteiger partial charge in [0.1, 0.15) is 0 Å². The minimum Gasteiger partial charge on any atom is -0.339 e. The van der Waals surface area contributed by atoms with Crippen LogP contribution in [-0.2, 0) is 4.79 Å². The van der Waals surface area contributed by atoms with E-state index >= 15 is 0 Å². The van der Waals surface area contributed by atoms with Crippen LogP contribution in [0.1, 0.15) is 58.3 Å². The Morgan fingerprint density at radius 1 is 1.35 bits per heavy atom. The summed E-state index contributed by atoms with van der Waals surface area (Å²) in [7, 11) is 0. The maximum Gasteiger partial charge on any atom is 0.222 e. The van der Waals surface area contributed by atoms with Gasteiger partial charge in [0, 0.05) is 25.0 Å². The number of likely N-dealkylation sites (tertiary alicyclic amines) is 1. The highest BCUT2D eigenvalue weighted by Gasteiger charge is 2.36. The van der Waals surface area contributed by atoms with E-state index in [9.17, 15) is 4.79 Å². The number of piperidine rings is 1. The Kier molecular flexibility index (Phi) is 4.43. The quantitative estimate of drug-likeness (QED) is 0.817. The number of fused-ring (bicyclic) bond motifs is 1. The van der Waals surface area contributed by atoms with E-state index in [1.54, 1.807) is 0 Å². The van der Waals surface area contributed by atoms with Crippen molar-refractivity contribution in [3.8, 4) is 0 Å². The van der Waals surface area contributed by atoms with E-state index in [0.29, 0.717) is 18.4 Å². The summed E-state index contributed by atoms with van der Waals surface area (Å²) >= 11 is 0. The second kappa shape index (κ2) is 5.85. The topological polar surface area (TPSA) is 46.3 Å². The predicted molar refractivity (Wildman–Crippen MR) is 69.6 cm³/mol. The summed E-state index contributed by atoms with van der Waals surface area (Å²) in [4.78, 5) is 14.4. The van der Waals surface area contributed by atoms with Crippen molar-refractivity contribution in [1.82, 2.24) is 4.90 Å². The highest BCUT2D eigenvalue weighted by atomic mass is 16.2. The normalized spacial score (nSPS) is 30.1. The minimum atomic E-state index is 0.225. The van der Waals surface area contributed by atoms with Crippen LogP contribution in [0.15, 0.2) is 0 Å². The molecule has 0 radical (unpaired) electrons. The Hall–Kier alpha value is -0.570. The summed E-state index contributed by atoms with van der Waals surface area (Å²) in [5.41, 5.74) is 5.72. The Morgan fingerprint density at radius 3 is 2.88 bits per heavy atom. The van der Waals surface area contributed by atoms with E-state index in [4.69, 9.17) is 5.73 Å². The number of carbonyl (C=O) groups is 1. The van der Waals surface area contributed by atoms with Crippen molar-refractivity contribution in [3.63, 3.8) is 0 Å². The first kappa shape index (κ1) is 12.9. The summed E-state index contributed by atoms with van der Waals surface area (Å²) in [5, 5.41) is 0. The molecule has 2 fully saturated rings. The Morgan fingerprint density at radius 2 is 2.12 bits per heavy atom. The van der Waals surface area contributed by atoms with E-state index in [-0.39, 0.29) is 6.04 Å². The van der Waals surface area contributed by atoms with Crippen molar-refractivity contribution in [2.24, 2.45) is 11.7 Å². The van der Waals surface area contributed by atoms with Gasteiger partial charge in [-0.3, -0.25) is 4.79 Å². The molecule has 98 valence electrons. The standard InChI is InChI=1S/C14H26N2O/c1-11(15)5-2-9-14(17)16-10-4-7-12-6-3-8-13(12)16/h11-13H,2-10,15H2,1H3. The van der Waals surface area contributed by atoms with Gasteiger partial charge in [-0.25, -0.2) is 0 Å². The van der Waals surface area contributed by atoms with Crippen LogP contribution in [0.25, 0.3) is 0 Å². The molecular formula is C14H26N2O. The SMILES string of the molecule is CC(N)CCCC(=O)N1CCCC2CCCC21. The maximum atomic E-state index is 12.2. The van der Waals surface area contributed by atoms with Gasteiger partial charge in [0.05, 0.1) is 0 Å². The van der Waals surface area contributed by atoms with Crippen molar-refractivity contribution in [2.75, 3.05) is 6.54 Å². The fourth-order valence-corrected chi connectivity index (χ4v) is 3.48. The van der Waals surface area contributed by atoms with E-state index in [1.165, 1.54) is 32.1 Å². The van der Waals surface area contributed by atoms with Crippen LogP contribution in [0, 0.1) is 5.92 Å². The predicted octanol–water partition coefficient (Wildman–Crippen LogP) is 2.29. The summed E-state index contributed by atoms with van der Waals surface area (Å²) in [6, 6.07) is 0.801. The van der Waals surface area contributed by atoms with Gasteiger partial charge in [-0.05, 0) is 51.4 Å². The summed E-state index contributed by atoms with van der Waals surface area (Å²) in [6.45, 7) is 3.01. The van der Waals surface area contributed by atoms with Crippen LogP contribution in [0.2, 0.25) is 0 Å². The van der Waals surface area contributed by atoms with Crippen LogP contribution < -0.4 is 5.73 Å². The van der Waals surface area contributed by atoms with Gasteiger partial charge in [0.15, 0.2) is 0 Å². The Bertz CT molecular complexity index is 265. The molecule has 0 spiro atoms. The molecule has 2 aliphatic rings. The molecule has 1 heterocycles. The average molecular weight is 238 g/mol. The second-order valence-electron chi connectivity index (χ2n) is 5.86. The third-order valence-corrected chi connectivity index (χ3v) is 4.36. The van der Waals surface area contributed by atoms with Crippen LogP contribution in [-0.4, -0.2) is 29.4 Å². The molecule has 1 saturated heterocycles. The van der Waals surface area contributed by atoms with E-state index < -0.39 is 0 Å². The second-order valence-corrected chi connectivity index (χ2v) is 5.86. The zero-order valence-electron chi connectivity index (χ0n) is 11.0. The fourth-order valence-electron chi connectivity index (χ4n) is 3.48. The lowest BCUT2D eigenvalue weighted by atomic mass is 9.91. The number of hydrogen-bond acceptors (Lipinski definition) is 2. The minimum absolute atomic E-state index is 0.225. The number of amides is 1. The van der Waals surface area contributed by atoms with Gasteiger partial charge in [0.2, 0.25) is 5.91 Å². The van der Waals surface area contributed by atoms with E-state index in [1.807, 2.05) is 6.92 Å². The molecule has 1 saturated carbocycles. The Balaban J connectivity index is 1.81. The lowest BCUT2D eigenvalue weighted by molar-refractivity contribution is -0.136. The van der Waals surface area contributed by atoms with Crippen LogP contribution >= 0.6 is 0 Å². The number of carbonyl (C=O) groups excluding carboxylic acids is 1. The van der Waals surface area contributed by atoms with Gasteiger partial charge in [-0.1, -0.05) is 6.42 Å². The smallest absolute Gasteiger partial charge is 0.222 e. The van der Waals surface area contributed by atoms with Gasteiger partial charge >= 0.3 is 0 Å². The average Bonchev–Trinajstić information content (AvgIpc) is 2.75. The largest absolute Gasteiger partial charge is 0.339 e. The van der Waals surface area contributed by atoms with Crippen molar-refractivity contribution in [3.05, 3.63) is 0 Å². The highest BCUT2D eigenvalue weighted by molar-refractivity contribution is 5.76. The summed E-state index contributed by atoms with van der Waals surface area (Å²) < 4.78 is 0. The van der Waals surface area contributed by atoms with Crippen LogP contribution in [0.4, 0.5) is 0 Å².